The van der Waals surface area contributed by atoms with E-state index in [9.17, 15) is 0 Å². The van der Waals surface area contributed by atoms with E-state index in [0.29, 0.717) is 0 Å². The molecule has 0 amide bonds. The first-order chi connectivity index (χ1) is 4.16. The Morgan fingerprint density at radius 1 is 1.56 bits per heavy atom. The van der Waals surface area contributed by atoms with Crippen molar-refractivity contribution in [2.75, 3.05) is 14.1 Å². The van der Waals surface area contributed by atoms with E-state index in [1.807, 2.05) is 38.3 Å². The lowest BCUT2D eigenvalue weighted by molar-refractivity contribution is 0.467. The van der Waals surface area contributed by atoms with Crippen molar-refractivity contribution in [1.29, 1.82) is 0 Å². The van der Waals surface area contributed by atoms with Crippen LogP contribution in [0, 0.1) is 0 Å². The molecule has 0 aliphatic carbocycles. The Hall–Kier alpha value is -0.150. The summed E-state index contributed by atoms with van der Waals surface area (Å²) in [4.78, 5) is 0. The fourth-order valence-corrected chi connectivity index (χ4v) is 0.544. The van der Waals surface area contributed by atoms with Crippen LogP contribution >= 0.6 is 12.2 Å². The van der Waals surface area contributed by atoms with Crippen LogP contribution in [0.1, 0.15) is 13.8 Å². The second kappa shape index (κ2) is 4.70. The monoisotopic (exact) mass is 147 g/mol. The van der Waals surface area contributed by atoms with Gasteiger partial charge in [0.15, 0.2) is 0 Å². The van der Waals surface area contributed by atoms with E-state index in [1.165, 1.54) is 12.2 Å². The minimum Gasteiger partial charge on any atom is -0.415 e. The van der Waals surface area contributed by atoms with Crippen LogP contribution in [0.4, 0.5) is 0 Å². The molecule has 9 heavy (non-hydrogen) atoms. The quantitative estimate of drug-likeness (QED) is 0.344. The Labute approximate surface area is 61.2 Å². The molecular formula is C6H13NOS. The van der Waals surface area contributed by atoms with E-state index in [2.05, 4.69) is 0 Å². The third-order valence-corrected chi connectivity index (χ3v) is 1.36. The Kier molecular flexibility index (Phi) is 4.62. The summed E-state index contributed by atoms with van der Waals surface area (Å²) in [5, 5.41) is 0. The lowest BCUT2D eigenvalue weighted by Gasteiger charge is -2.07. The number of hydrogen-bond donors (Lipinski definition) is 0. The molecule has 3 heteroatoms. The van der Waals surface area contributed by atoms with E-state index in [1.54, 1.807) is 0 Å². The number of rotatable bonds is 3. The van der Waals surface area contributed by atoms with Crippen LogP contribution in [0.15, 0.2) is 11.8 Å². The molecule has 0 aromatic rings. The summed E-state index contributed by atoms with van der Waals surface area (Å²) in [6.07, 6.45) is 1.93. The molecule has 0 aliphatic heterocycles. The Bertz CT molecular complexity index is 101. The second-order valence-corrected chi connectivity index (χ2v) is 2.92. The van der Waals surface area contributed by atoms with Crippen LogP contribution in [0.2, 0.25) is 0 Å². The summed E-state index contributed by atoms with van der Waals surface area (Å²) < 4.78 is 7.05. The summed E-state index contributed by atoms with van der Waals surface area (Å²) in [7, 11) is 3.88. The molecule has 0 heterocycles. The first kappa shape index (κ1) is 8.85. The third-order valence-electron chi connectivity index (χ3n) is 0.724. The predicted molar refractivity (Wildman–Crippen MR) is 41.8 cm³/mol. The van der Waals surface area contributed by atoms with Gasteiger partial charge in [0.1, 0.15) is 18.0 Å². The Morgan fingerprint density at radius 2 is 2.11 bits per heavy atom. The van der Waals surface area contributed by atoms with Gasteiger partial charge in [0.2, 0.25) is 0 Å². The van der Waals surface area contributed by atoms with E-state index >= 15 is 0 Å². The molecule has 0 saturated carbocycles. The molecule has 54 valence electrons. The van der Waals surface area contributed by atoms with Gasteiger partial charge in [-0.2, -0.15) is 0 Å². The molecule has 0 aliphatic rings. The van der Waals surface area contributed by atoms with Crippen LogP contribution in [-0.2, 0) is 4.18 Å². The Balaban J connectivity index is 3.28. The summed E-state index contributed by atoms with van der Waals surface area (Å²) in [6.45, 7) is 3.88. The van der Waals surface area contributed by atoms with Crippen molar-refractivity contribution in [1.82, 2.24) is 4.31 Å². The lowest BCUT2D eigenvalue weighted by atomic mass is 10.5. The summed E-state index contributed by atoms with van der Waals surface area (Å²) in [6, 6.07) is 0. The fourth-order valence-electron chi connectivity index (χ4n) is 0.181. The first-order valence-corrected chi connectivity index (χ1v) is 3.51. The summed E-state index contributed by atoms with van der Waals surface area (Å²) in [5.74, 6) is 0.939. The maximum Gasteiger partial charge on any atom is 0.145 e. The lowest BCUT2D eigenvalue weighted by Crippen LogP contribution is -1.99. The molecule has 0 bridgehead atoms. The normalized spacial score (nSPS) is 12.3. The molecule has 0 aromatic carbocycles. The number of nitrogens with zero attached hydrogens (tertiary/aromatic N) is 1. The molecule has 0 atom stereocenters. The molecule has 0 spiro atoms. The molecule has 0 unspecified atom stereocenters. The maximum absolute atomic E-state index is 5.16. The van der Waals surface area contributed by atoms with Crippen molar-refractivity contribution >= 4 is 12.2 Å². The third kappa shape index (κ3) is 5.73. The number of allylic oxidation sites excluding steroid dienone is 2. The average Bonchev–Trinajstić information content (AvgIpc) is 1.83. The molecule has 0 rings (SSSR count). The number of hydrogen-bond acceptors (Lipinski definition) is 3. The molecule has 2 nitrogen and oxygen atoms in total. The van der Waals surface area contributed by atoms with E-state index in [-0.39, 0.29) is 0 Å². The van der Waals surface area contributed by atoms with Gasteiger partial charge in [0.25, 0.3) is 0 Å². The highest BCUT2D eigenvalue weighted by Crippen LogP contribution is 2.10. The van der Waals surface area contributed by atoms with Crippen molar-refractivity contribution in [3.63, 3.8) is 0 Å². The predicted octanol–water partition coefficient (Wildman–Crippen LogP) is 2.05. The molecule has 0 fully saturated rings. The van der Waals surface area contributed by atoms with Gasteiger partial charge in [0.05, 0.1) is 0 Å². The first-order valence-electron chi connectivity index (χ1n) is 2.81. The molecule has 0 radical (unpaired) electrons. The van der Waals surface area contributed by atoms with Crippen molar-refractivity contribution in [2.45, 2.75) is 13.8 Å². The van der Waals surface area contributed by atoms with Crippen LogP contribution in [0.25, 0.3) is 0 Å². The topological polar surface area (TPSA) is 12.5 Å². The minimum atomic E-state index is 0.939. The van der Waals surface area contributed by atoms with Crippen molar-refractivity contribution < 1.29 is 4.18 Å². The van der Waals surface area contributed by atoms with Crippen LogP contribution in [-0.4, -0.2) is 18.4 Å². The summed E-state index contributed by atoms with van der Waals surface area (Å²) >= 11 is 1.33. The zero-order valence-corrected chi connectivity index (χ0v) is 7.16. The van der Waals surface area contributed by atoms with Gasteiger partial charge in [-0.3, -0.25) is 0 Å². The van der Waals surface area contributed by atoms with Gasteiger partial charge < -0.3 is 4.18 Å². The van der Waals surface area contributed by atoms with Crippen molar-refractivity contribution in [3.05, 3.63) is 11.8 Å². The Morgan fingerprint density at radius 3 is 2.44 bits per heavy atom. The fraction of sp³-hybridized carbons (Fsp3) is 0.667. The molecule has 0 N–H and O–H groups in total. The van der Waals surface area contributed by atoms with Gasteiger partial charge in [-0.1, -0.05) is 0 Å². The molecule has 0 aromatic heterocycles. The second-order valence-electron chi connectivity index (χ2n) is 1.87. The van der Waals surface area contributed by atoms with Crippen molar-refractivity contribution in [3.8, 4) is 0 Å². The highest BCUT2D eigenvalue weighted by atomic mass is 32.2. The molecule has 0 saturated heterocycles. The van der Waals surface area contributed by atoms with Crippen LogP contribution in [0.5, 0.6) is 0 Å². The highest BCUT2D eigenvalue weighted by molar-refractivity contribution is 7.92. The standard InChI is InChI=1S/C6H13NOS/c1-5-6(2)8-9-7(3)4/h5H,1-4H3/b6-5+. The van der Waals surface area contributed by atoms with E-state index < -0.39 is 0 Å². The van der Waals surface area contributed by atoms with Gasteiger partial charge in [0, 0.05) is 14.1 Å². The minimum absolute atomic E-state index is 0.939. The SMILES string of the molecule is C/C=C(\C)OSN(C)C. The average molecular weight is 147 g/mol. The van der Waals surface area contributed by atoms with Gasteiger partial charge in [-0.05, 0) is 19.9 Å². The van der Waals surface area contributed by atoms with Gasteiger partial charge >= 0.3 is 0 Å². The smallest absolute Gasteiger partial charge is 0.145 e. The molecular weight excluding hydrogens is 134 g/mol. The van der Waals surface area contributed by atoms with Crippen LogP contribution < -0.4 is 0 Å². The zero-order chi connectivity index (χ0) is 7.28. The zero-order valence-electron chi connectivity index (χ0n) is 6.34. The highest BCUT2D eigenvalue weighted by Gasteiger charge is 1.90. The van der Waals surface area contributed by atoms with Gasteiger partial charge in [-0.25, -0.2) is 4.31 Å². The van der Waals surface area contributed by atoms with E-state index in [4.69, 9.17) is 4.18 Å². The van der Waals surface area contributed by atoms with Gasteiger partial charge in [-0.15, -0.1) is 0 Å². The summed E-state index contributed by atoms with van der Waals surface area (Å²) in [5.41, 5.74) is 0. The maximum atomic E-state index is 5.16. The van der Waals surface area contributed by atoms with E-state index in [0.717, 1.165) is 5.76 Å². The largest absolute Gasteiger partial charge is 0.415 e. The van der Waals surface area contributed by atoms with Crippen molar-refractivity contribution in [2.24, 2.45) is 0 Å². The van der Waals surface area contributed by atoms with Crippen LogP contribution in [0.3, 0.4) is 0 Å².